The molecule has 0 amide bonds. The summed E-state index contributed by atoms with van der Waals surface area (Å²) in [4.78, 5) is 14.7. The summed E-state index contributed by atoms with van der Waals surface area (Å²) >= 11 is 0. The molecule has 0 aromatic rings. The van der Waals surface area contributed by atoms with Crippen molar-refractivity contribution in [2.75, 3.05) is 13.1 Å². The zero-order chi connectivity index (χ0) is 11.0. The van der Waals surface area contributed by atoms with Gasteiger partial charge in [0, 0.05) is 5.92 Å². The molecule has 3 heterocycles. The van der Waals surface area contributed by atoms with Crippen molar-refractivity contribution >= 4 is 5.78 Å². The van der Waals surface area contributed by atoms with Gasteiger partial charge in [0.1, 0.15) is 0 Å². The van der Waals surface area contributed by atoms with Gasteiger partial charge in [-0.05, 0) is 38.3 Å². The molecule has 16 heavy (non-hydrogen) atoms. The molecule has 90 valence electrons. The highest BCUT2D eigenvalue weighted by Gasteiger charge is 2.41. The van der Waals surface area contributed by atoms with Gasteiger partial charge in [0.05, 0.1) is 6.04 Å². The normalized spacial score (nSPS) is 40.2. The van der Waals surface area contributed by atoms with Gasteiger partial charge in [-0.2, -0.15) is 0 Å². The van der Waals surface area contributed by atoms with Gasteiger partial charge in [-0.1, -0.05) is 32.1 Å². The fourth-order valence-electron chi connectivity index (χ4n) is 3.95. The second-order valence-electron chi connectivity index (χ2n) is 5.97. The maximum atomic E-state index is 12.2. The summed E-state index contributed by atoms with van der Waals surface area (Å²) in [5.41, 5.74) is 0. The summed E-state index contributed by atoms with van der Waals surface area (Å²) in [6.07, 6.45) is 10.4. The monoisotopic (exact) mass is 221 g/mol. The van der Waals surface area contributed by atoms with Crippen molar-refractivity contribution < 1.29 is 4.79 Å². The van der Waals surface area contributed by atoms with E-state index in [0.29, 0.717) is 17.7 Å². The van der Waals surface area contributed by atoms with Crippen molar-refractivity contribution in [1.82, 2.24) is 4.90 Å². The first kappa shape index (κ1) is 10.8. The van der Waals surface area contributed by atoms with Gasteiger partial charge in [-0.25, -0.2) is 0 Å². The van der Waals surface area contributed by atoms with Crippen LogP contribution in [0, 0.1) is 11.8 Å². The Morgan fingerprint density at radius 1 is 1.00 bits per heavy atom. The number of carbonyl (C=O) groups excluding carboxylic acids is 1. The summed E-state index contributed by atoms with van der Waals surface area (Å²) < 4.78 is 0. The maximum absolute atomic E-state index is 12.2. The number of hydrogen-bond donors (Lipinski definition) is 0. The minimum absolute atomic E-state index is 0.315. The highest BCUT2D eigenvalue weighted by atomic mass is 16.1. The van der Waals surface area contributed by atoms with E-state index in [4.69, 9.17) is 0 Å². The first-order valence-corrected chi connectivity index (χ1v) is 7.12. The first-order chi connectivity index (χ1) is 7.84. The van der Waals surface area contributed by atoms with Crippen LogP contribution in [0.25, 0.3) is 0 Å². The van der Waals surface area contributed by atoms with E-state index in [0.717, 1.165) is 18.8 Å². The minimum Gasteiger partial charge on any atom is -0.298 e. The molecule has 2 nitrogen and oxygen atoms in total. The standard InChI is InChI=1S/C14H23NO/c16-14-12-6-8-15(9-7-12)13(14)10-11-4-2-1-3-5-11/h11-13H,1-10H2. The van der Waals surface area contributed by atoms with E-state index in [1.807, 2.05) is 0 Å². The van der Waals surface area contributed by atoms with E-state index in [9.17, 15) is 4.79 Å². The lowest BCUT2D eigenvalue weighted by molar-refractivity contribution is -0.138. The number of Topliss-reactive ketones (excluding diaryl/α,β-unsaturated/α-hetero) is 1. The summed E-state index contributed by atoms with van der Waals surface area (Å²) in [6.45, 7) is 2.38. The van der Waals surface area contributed by atoms with Crippen LogP contribution in [0.5, 0.6) is 0 Å². The van der Waals surface area contributed by atoms with Gasteiger partial charge in [-0.15, -0.1) is 0 Å². The molecule has 0 spiro atoms. The predicted molar refractivity (Wildman–Crippen MR) is 64.3 cm³/mol. The molecule has 3 saturated heterocycles. The fourth-order valence-corrected chi connectivity index (χ4v) is 3.95. The number of nitrogens with zero attached hydrogens (tertiary/aromatic N) is 1. The lowest BCUT2D eigenvalue weighted by atomic mass is 9.76. The summed E-state index contributed by atoms with van der Waals surface area (Å²) in [7, 11) is 0. The Morgan fingerprint density at radius 3 is 2.31 bits per heavy atom. The summed E-state index contributed by atoms with van der Waals surface area (Å²) in [5, 5.41) is 0. The van der Waals surface area contributed by atoms with Crippen LogP contribution in [0.2, 0.25) is 0 Å². The SMILES string of the molecule is O=C1C2CCN(CC2)C1CC1CCCCC1. The third-order valence-electron chi connectivity index (χ3n) is 4.98. The molecule has 4 fully saturated rings. The van der Waals surface area contributed by atoms with Crippen molar-refractivity contribution in [3.8, 4) is 0 Å². The topological polar surface area (TPSA) is 20.3 Å². The molecule has 1 atom stereocenters. The zero-order valence-corrected chi connectivity index (χ0v) is 10.2. The van der Waals surface area contributed by atoms with Crippen LogP contribution in [-0.4, -0.2) is 29.8 Å². The number of piperidine rings is 3. The number of fused-ring (bicyclic) bond motifs is 3. The minimum atomic E-state index is 0.315. The van der Waals surface area contributed by atoms with Crippen LogP contribution in [0.4, 0.5) is 0 Å². The molecular formula is C14H23NO. The molecule has 2 heteroatoms. The van der Waals surface area contributed by atoms with Crippen molar-refractivity contribution in [2.45, 2.75) is 57.4 Å². The lowest BCUT2D eigenvalue weighted by Crippen LogP contribution is -2.55. The van der Waals surface area contributed by atoms with Crippen molar-refractivity contribution in [2.24, 2.45) is 11.8 Å². The van der Waals surface area contributed by atoms with Crippen LogP contribution in [0.15, 0.2) is 0 Å². The Kier molecular flexibility index (Phi) is 3.01. The summed E-state index contributed by atoms with van der Waals surface area (Å²) in [6, 6.07) is 0.315. The van der Waals surface area contributed by atoms with Crippen LogP contribution in [-0.2, 0) is 4.79 Å². The third kappa shape index (κ3) is 1.92. The molecule has 4 aliphatic rings. The van der Waals surface area contributed by atoms with E-state index in [1.165, 1.54) is 51.6 Å². The summed E-state index contributed by atoms with van der Waals surface area (Å²) in [5.74, 6) is 1.86. The van der Waals surface area contributed by atoms with Gasteiger partial charge in [-0.3, -0.25) is 9.69 Å². The highest BCUT2D eigenvalue weighted by Crippen LogP contribution is 2.35. The van der Waals surface area contributed by atoms with Crippen LogP contribution < -0.4 is 0 Å². The Balaban J connectivity index is 1.63. The quantitative estimate of drug-likeness (QED) is 0.714. The molecule has 1 aliphatic carbocycles. The fraction of sp³-hybridized carbons (Fsp3) is 0.929. The Morgan fingerprint density at radius 2 is 1.69 bits per heavy atom. The highest BCUT2D eigenvalue weighted by molar-refractivity contribution is 5.87. The third-order valence-corrected chi connectivity index (χ3v) is 4.98. The van der Waals surface area contributed by atoms with Crippen molar-refractivity contribution in [3.63, 3.8) is 0 Å². The largest absolute Gasteiger partial charge is 0.298 e. The van der Waals surface area contributed by atoms with E-state index >= 15 is 0 Å². The Labute approximate surface area is 98.4 Å². The zero-order valence-electron chi connectivity index (χ0n) is 10.2. The van der Waals surface area contributed by atoms with Gasteiger partial charge >= 0.3 is 0 Å². The van der Waals surface area contributed by atoms with Crippen LogP contribution in [0.1, 0.15) is 51.4 Å². The molecule has 2 bridgehead atoms. The number of ketones is 1. The molecule has 1 unspecified atom stereocenters. The van der Waals surface area contributed by atoms with E-state index in [2.05, 4.69) is 4.90 Å². The average molecular weight is 221 g/mol. The molecular weight excluding hydrogens is 198 g/mol. The second-order valence-corrected chi connectivity index (χ2v) is 5.97. The second kappa shape index (κ2) is 4.48. The van der Waals surface area contributed by atoms with Crippen molar-refractivity contribution in [3.05, 3.63) is 0 Å². The van der Waals surface area contributed by atoms with E-state index in [1.54, 1.807) is 0 Å². The van der Waals surface area contributed by atoms with Crippen LogP contribution in [0.3, 0.4) is 0 Å². The van der Waals surface area contributed by atoms with Gasteiger partial charge in [0.15, 0.2) is 5.78 Å². The first-order valence-electron chi connectivity index (χ1n) is 7.12. The van der Waals surface area contributed by atoms with Crippen molar-refractivity contribution in [1.29, 1.82) is 0 Å². The molecule has 0 radical (unpaired) electrons. The molecule has 3 aliphatic heterocycles. The molecule has 0 aromatic heterocycles. The smallest absolute Gasteiger partial charge is 0.153 e. The maximum Gasteiger partial charge on any atom is 0.153 e. The number of carbonyl (C=O) groups is 1. The number of rotatable bonds is 2. The van der Waals surface area contributed by atoms with Gasteiger partial charge in [0.2, 0.25) is 0 Å². The van der Waals surface area contributed by atoms with E-state index < -0.39 is 0 Å². The molecule has 0 N–H and O–H groups in total. The molecule has 1 saturated carbocycles. The van der Waals surface area contributed by atoms with Crippen LogP contribution >= 0.6 is 0 Å². The Hall–Kier alpha value is -0.370. The molecule has 4 rings (SSSR count). The molecule has 0 aromatic carbocycles. The average Bonchev–Trinajstić information content (AvgIpc) is 2.36. The number of hydrogen-bond acceptors (Lipinski definition) is 2. The van der Waals surface area contributed by atoms with Gasteiger partial charge < -0.3 is 0 Å². The van der Waals surface area contributed by atoms with Gasteiger partial charge in [0.25, 0.3) is 0 Å². The Bertz CT molecular complexity index is 262. The lowest BCUT2D eigenvalue weighted by Gasteiger charge is -2.45. The predicted octanol–water partition coefficient (Wildman–Crippen LogP) is 2.62. The van der Waals surface area contributed by atoms with E-state index in [-0.39, 0.29) is 0 Å².